The van der Waals surface area contributed by atoms with Crippen molar-refractivity contribution in [1.29, 1.82) is 0 Å². The second-order valence-electron chi connectivity index (χ2n) is 6.75. The van der Waals surface area contributed by atoms with E-state index in [-0.39, 0.29) is 0 Å². The molecule has 0 amide bonds. The van der Waals surface area contributed by atoms with Gasteiger partial charge in [-0.15, -0.1) is 0 Å². The molecule has 1 unspecified atom stereocenters. The monoisotopic (exact) mass is 284 g/mol. The molecule has 1 N–H and O–H groups in total. The zero-order chi connectivity index (χ0) is 15.0. The van der Waals surface area contributed by atoms with Crippen molar-refractivity contribution in [2.45, 2.75) is 33.2 Å². The van der Waals surface area contributed by atoms with E-state index in [9.17, 15) is 0 Å². The lowest BCUT2D eigenvalue weighted by Crippen LogP contribution is -2.52. The Morgan fingerprint density at radius 2 is 1.65 bits per heavy atom. The first-order valence-electron chi connectivity index (χ1n) is 8.35. The van der Waals surface area contributed by atoms with Crippen LogP contribution in [0.2, 0.25) is 0 Å². The maximum absolute atomic E-state index is 3.71. The SMILES string of the molecule is CCCNC(CN1CCN(CCN(C)C)CC1)C(C)C. The highest BCUT2D eigenvalue weighted by molar-refractivity contribution is 4.79. The topological polar surface area (TPSA) is 21.8 Å². The fourth-order valence-corrected chi connectivity index (χ4v) is 2.66. The number of nitrogens with one attached hydrogen (secondary N) is 1. The maximum atomic E-state index is 3.71. The van der Waals surface area contributed by atoms with Crippen LogP contribution in [-0.4, -0.2) is 87.2 Å². The molecular formula is C16H36N4. The second kappa shape index (κ2) is 9.72. The number of nitrogens with zero attached hydrogens (tertiary/aromatic N) is 3. The van der Waals surface area contributed by atoms with E-state index in [1.54, 1.807) is 0 Å². The van der Waals surface area contributed by atoms with Crippen LogP contribution in [0.25, 0.3) is 0 Å². The molecule has 1 rings (SSSR count). The molecule has 1 saturated heterocycles. The number of likely N-dealkylation sites (N-methyl/N-ethyl adjacent to an activating group) is 1. The van der Waals surface area contributed by atoms with Crippen LogP contribution in [0.1, 0.15) is 27.2 Å². The van der Waals surface area contributed by atoms with Gasteiger partial charge in [0.25, 0.3) is 0 Å². The Labute approximate surface area is 126 Å². The lowest BCUT2D eigenvalue weighted by molar-refractivity contribution is 0.111. The van der Waals surface area contributed by atoms with Crippen molar-refractivity contribution in [1.82, 2.24) is 20.0 Å². The van der Waals surface area contributed by atoms with Gasteiger partial charge in [0.15, 0.2) is 0 Å². The van der Waals surface area contributed by atoms with Gasteiger partial charge < -0.3 is 10.2 Å². The zero-order valence-corrected chi connectivity index (χ0v) is 14.4. The van der Waals surface area contributed by atoms with Gasteiger partial charge in [-0.2, -0.15) is 0 Å². The summed E-state index contributed by atoms with van der Waals surface area (Å²) in [4.78, 5) is 7.51. The molecule has 0 bridgehead atoms. The second-order valence-corrected chi connectivity index (χ2v) is 6.75. The molecule has 0 spiro atoms. The number of rotatable bonds is 9. The standard InChI is InChI=1S/C16H36N4/c1-6-7-17-16(15(2)3)14-20-12-10-19(11-13-20)9-8-18(4)5/h15-17H,6-14H2,1-5H3. The Bertz CT molecular complexity index is 235. The highest BCUT2D eigenvalue weighted by Crippen LogP contribution is 2.08. The maximum Gasteiger partial charge on any atom is 0.0217 e. The van der Waals surface area contributed by atoms with E-state index in [1.807, 2.05) is 0 Å². The van der Waals surface area contributed by atoms with Crippen molar-refractivity contribution in [3.8, 4) is 0 Å². The smallest absolute Gasteiger partial charge is 0.0217 e. The molecule has 1 aliphatic rings. The Morgan fingerprint density at radius 1 is 1.05 bits per heavy atom. The van der Waals surface area contributed by atoms with E-state index in [4.69, 9.17) is 0 Å². The predicted molar refractivity (Wildman–Crippen MR) is 88.4 cm³/mol. The summed E-state index contributed by atoms with van der Waals surface area (Å²) in [5, 5.41) is 3.71. The van der Waals surface area contributed by atoms with Crippen molar-refractivity contribution in [3.05, 3.63) is 0 Å². The van der Waals surface area contributed by atoms with Crippen molar-refractivity contribution in [2.24, 2.45) is 5.92 Å². The lowest BCUT2D eigenvalue weighted by Gasteiger charge is -2.37. The van der Waals surface area contributed by atoms with E-state index in [1.165, 1.54) is 52.2 Å². The van der Waals surface area contributed by atoms with Gasteiger partial charge in [0.05, 0.1) is 0 Å². The summed E-state index contributed by atoms with van der Waals surface area (Å²) in [6.07, 6.45) is 1.22. The molecule has 0 aromatic carbocycles. The number of hydrogen-bond donors (Lipinski definition) is 1. The Balaban J connectivity index is 2.25. The normalized spacial score (nSPS) is 19.9. The third-order valence-electron chi connectivity index (χ3n) is 4.24. The van der Waals surface area contributed by atoms with Crippen LogP contribution in [0, 0.1) is 5.92 Å². The molecule has 0 saturated carbocycles. The average Bonchev–Trinajstić information content (AvgIpc) is 2.42. The molecule has 0 aliphatic carbocycles. The molecule has 4 nitrogen and oxygen atoms in total. The number of piperazine rings is 1. The first-order valence-corrected chi connectivity index (χ1v) is 8.35. The molecule has 1 aliphatic heterocycles. The van der Waals surface area contributed by atoms with Crippen LogP contribution in [0.5, 0.6) is 0 Å². The van der Waals surface area contributed by atoms with E-state index in [0.29, 0.717) is 12.0 Å². The van der Waals surface area contributed by atoms with Crippen LogP contribution in [0.15, 0.2) is 0 Å². The van der Waals surface area contributed by atoms with Crippen molar-refractivity contribution in [3.63, 3.8) is 0 Å². The quantitative estimate of drug-likeness (QED) is 0.686. The average molecular weight is 284 g/mol. The molecule has 0 aromatic rings. The van der Waals surface area contributed by atoms with E-state index < -0.39 is 0 Å². The summed E-state index contributed by atoms with van der Waals surface area (Å²) < 4.78 is 0. The van der Waals surface area contributed by atoms with Gasteiger partial charge in [-0.25, -0.2) is 0 Å². The first kappa shape index (κ1) is 17.9. The predicted octanol–water partition coefficient (Wildman–Crippen LogP) is 1.19. The minimum absolute atomic E-state index is 0.642. The van der Waals surface area contributed by atoms with Gasteiger partial charge in [0.1, 0.15) is 0 Å². The zero-order valence-electron chi connectivity index (χ0n) is 14.4. The van der Waals surface area contributed by atoms with Gasteiger partial charge in [-0.1, -0.05) is 20.8 Å². The molecule has 20 heavy (non-hydrogen) atoms. The minimum Gasteiger partial charge on any atom is -0.312 e. The molecule has 1 fully saturated rings. The Morgan fingerprint density at radius 3 is 2.15 bits per heavy atom. The summed E-state index contributed by atoms with van der Waals surface area (Å²) in [7, 11) is 4.31. The van der Waals surface area contributed by atoms with Crippen molar-refractivity contribution in [2.75, 3.05) is 66.5 Å². The van der Waals surface area contributed by atoms with Crippen LogP contribution >= 0.6 is 0 Å². The first-order chi connectivity index (χ1) is 9.52. The molecule has 1 atom stereocenters. The summed E-state index contributed by atoms with van der Waals surface area (Å²) in [6.45, 7) is 16.6. The van der Waals surface area contributed by atoms with Gasteiger partial charge in [0.2, 0.25) is 0 Å². The molecule has 0 aromatic heterocycles. The summed E-state index contributed by atoms with van der Waals surface area (Å²) in [6, 6.07) is 0.642. The van der Waals surface area contributed by atoms with Gasteiger partial charge in [0, 0.05) is 51.9 Å². The van der Waals surface area contributed by atoms with E-state index in [2.05, 4.69) is 54.9 Å². The molecule has 0 radical (unpaired) electrons. The molecular weight excluding hydrogens is 248 g/mol. The highest BCUT2D eigenvalue weighted by atomic mass is 15.3. The van der Waals surface area contributed by atoms with E-state index in [0.717, 1.165) is 6.54 Å². The molecule has 4 heteroatoms. The summed E-state index contributed by atoms with van der Waals surface area (Å²) in [5.41, 5.74) is 0. The fourth-order valence-electron chi connectivity index (χ4n) is 2.66. The molecule has 1 heterocycles. The van der Waals surface area contributed by atoms with E-state index >= 15 is 0 Å². The summed E-state index contributed by atoms with van der Waals surface area (Å²) >= 11 is 0. The van der Waals surface area contributed by atoms with Crippen LogP contribution < -0.4 is 5.32 Å². The van der Waals surface area contributed by atoms with Crippen molar-refractivity contribution >= 4 is 0 Å². The minimum atomic E-state index is 0.642. The fraction of sp³-hybridized carbons (Fsp3) is 1.00. The molecule has 120 valence electrons. The largest absolute Gasteiger partial charge is 0.312 e. The van der Waals surface area contributed by atoms with Gasteiger partial charge >= 0.3 is 0 Å². The van der Waals surface area contributed by atoms with Crippen LogP contribution in [-0.2, 0) is 0 Å². The third-order valence-corrected chi connectivity index (χ3v) is 4.24. The Hall–Kier alpha value is -0.160. The highest BCUT2D eigenvalue weighted by Gasteiger charge is 2.21. The van der Waals surface area contributed by atoms with Crippen LogP contribution in [0.4, 0.5) is 0 Å². The van der Waals surface area contributed by atoms with Gasteiger partial charge in [-0.05, 0) is 33.0 Å². The Kier molecular flexibility index (Phi) is 8.69. The van der Waals surface area contributed by atoms with Crippen LogP contribution in [0.3, 0.4) is 0 Å². The summed E-state index contributed by atoms with van der Waals surface area (Å²) in [5.74, 6) is 0.716. The lowest BCUT2D eigenvalue weighted by atomic mass is 10.0. The third kappa shape index (κ3) is 7.02. The number of hydrogen-bond acceptors (Lipinski definition) is 4. The van der Waals surface area contributed by atoms with Gasteiger partial charge in [-0.3, -0.25) is 9.80 Å². The van der Waals surface area contributed by atoms with Crippen molar-refractivity contribution < 1.29 is 0 Å².